The summed E-state index contributed by atoms with van der Waals surface area (Å²) < 4.78 is 14.4. The number of benzene rings is 1. The summed E-state index contributed by atoms with van der Waals surface area (Å²) in [5.74, 6) is -0.173. The number of hydrogen-bond acceptors (Lipinski definition) is 2. The first-order chi connectivity index (χ1) is 10.1. The van der Waals surface area contributed by atoms with E-state index >= 15 is 0 Å². The standard InChI is InChI=1S/C17H26BrFN2/c1-4-14-11-21(17(5-2,6-3)12-20-14)10-13-8-7-9-15(19)16(13)18/h7-9,14,20H,4-6,10-12H2,1-3H3. The van der Waals surface area contributed by atoms with Gasteiger partial charge in [0.15, 0.2) is 0 Å². The monoisotopic (exact) mass is 356 g/mol. The first-order valence-corrected chi connectivity index (χ1v) is 8.77. The number of hydrogen-bond donors (Lipinski definition) is 1. The van der Waals surface area contributed by atoms with E-state index in [1.54, 1.807) is 6.07 Å². The normalized spacial score (nSPS) is 22.4. The second-order valence-electron chi connectivity index (χ2n) is 6.01. The molecule has 1 aliphatic rings. The van der Waals surface area contributed by atoms with Gasteiger partial charge in [-0.25, -0.2) is 4.39 Å². The molecule has 1 aliphatic heterocycles. The molecular weight excluding hydrogens is 331 g/mol. The SMILES string of the molecule is CCC1CN(Cc2cccc(F)c2Br)C(CC)(CC)CN1. The second-order valence-corrected chi connectivity index (χ2v) is 6.80. The molecule has 1 saturated heterocycles. The summed E-state index contributed by atoms with van der Waals surface area (Å²) >= 11 is 3.40. The summed E-state index contributed by atoms with van der Waals surface area (Å²) in [7, 11) is 0. The number of nitrogens with zero attached hydrogens (tertiary/aromatic N) is 1. The zero-order chi connectivity index (χ0) is 15.5. The zero-order valence-electron chi connectivity index (χ0n) is 13.3. The Labute approximate surface area is 136 Å². The second kappa shape index (κ2) is 7.21. The van der Waals surface area contributed by atoms with Crippen LogP contribution in [0, 0.1) is 5.82 Å². The summed E-state index contributed by atoms with van der Waals surface area (Å²) in [6.07, 6.45) is 3.35. The Balaban J connectivity index is 2.25. The average molecular weight is 357 g/mol. The quantitative estimate of drug-likeness (QED) is 0.844. The molecule has 2 rings (SSSR count). The van der Waals surface area contributed by atoms with E-state index in [4.69, 9.17) is 0 Å². The summed E-state index contributed by atoms with van der Waals surface area (Å²) in [6.45, 7) is 9.58. The first-order valence-electron chi connectivity index (χ1n) is 7.97. The predicted octanol–water partition coefficient (Wildman–Crippen LogP) is 4.33. The Morgan fingerprint density at radius 2 is 2.05 bits per heavy atom. The highest BCUT2D eigenvalue weighted by atomic mass is 79.9. The lowest BCUT2D eigenvalue weighted by atomic mass is 9.86. The molecule has 0 spiro atoms. The van der Waals surface area contributed by atoms with Crippen LogP contribution in [0.1, 0.15) is 45.6 Å². The highest BCUT2D eigenvalue weighted by Crippen LogP contribution is 2.31. The van der Waals surface area contributed by atoms with Gasteiger partial charge in [0.25, 0.3) is 0 Å². The largest absolute Gasteiger partial charge is 0.311 e. The van der Waals surface area contributed by atoms with E-state index in [0.29, 0.717) is 10.5 Å². The predicted molar refractivity (Wildman–Crippen MR) is 89.9 cm³/mol. The van der Waals surface area contributed by atoms with Crippen molar-refractivity contribution in [2.75, 3.05) is 13.1 Å². The maximum absolute atomic E-state index is 13.8. The van der Waals surface area contributed by atoms with E-state index in [2.05, 4.69) is 46.9 Å². The van der Waals surface area contributed by atoms with Crippen LogP contribution in [0.5, 0.6) is 0 Å². The maximum atomic E-state index is 13.8. The molecule has 4 heteroatoms. The lowest BCUT2D eigenvalue weighted by Gasteiger charge is -2.50. The van der Waals surface area contributed by atoms with Gasteiger partial charge < -0.3 is 5.32 Å². The average Bonchev–Trinajstić information content (AvgIpc) is 2.52. The van der Waals surface area contributed by atoms with Crippen LogP contribution in [0.15, 0.2) is 22.7 Å². The van der Waals surface area contributed by atoms with Crippen molar-refractivity contribution in [3.8, 4) is 0 Å². The number of piperazine rings is 1. The Morgan fingerprint density at radius 3 is 2.67 bits per heavy atom. The minimum absolute atomic E-state index is 0.173. The van der Waals surface area contributed by atoms with Gasteiger partial charge in [0.05, 0.1) is 4.47 Å². The molecule has 0 aromatic heterocycles. The van der Waals surface area contributed by atoms with Gasteiger partial charge in [-0.05, 0) is 46.8 Å². The van der Waals surface area contributed by atoms with Crippen molar-refractivity contribution in [3.05, 3.63) is 34.1 Å². The molecule has 0 bridgehead atoms. The van der Waals surface area contributed by atoms with Crippen molar-refractivity contribution < 1.29 is 4.39 Å². The van der Waals surface area contributed by atoms with Gasteiger partial charge in [-0.15, -0.1) is 0 Å². The van der Waals surface area contributed by atoms with Crippen LogP contribution in [0.25, 0.3) is 0 Å². The third-order valence-corrected chi connectivity index (χ3v) is 5.92. The smallest absolute Gasteiger partial charge is 0.137 e. The van der Waals surface area contributed by atoms with Crippen molar-refractivity contribution >= 4 is 15.9 Å². The fraction of sp³-hybridized carbons (Fsp3) is 0.647. The third-order valence-electron chi connectivity index (χ3n) is 5.03. The van der Waals surface area contributed by atoms with Crippen LogP contribution in [0.4, 0.5) is 4.39 Å². The van der Waals surface area contributed by atoms with Crippen LogP contribution < -0.4 is 5.32 Å². The number of halogens is 2. The first kappa shape index (κ1) is 16.9. The van der Waals surface area contributed by atoms with Crippen LogP contribution in [0.2, 0.25) is 0 Å². The third kappa shape index (κ3) is 3.49. The molecule has 1 heterocycles. The molecule has 0 radical (unpaired) electrons. The fourth-order valence-electron chi connectivity index (χ4n) is 3.30. The molecule has 1 unspecified atom stereocenters. The Morgan fingerprint density at radius 1 is 1.33 bits per heavy atom. The topological polar surface area (TPSA) is 15.3 Å². The minimum Gasteiger partial charge on any atom is -0.311 e. The molecule has 1 fully saturated rings. The van der Waals surface area contributed by atoms with E-state index in [1.165, 1.54) is 6.07 Å². The van der Waals surface area contributed by atoms with Gasteiger partial charge in [-0.3, -0.25) is 4.90 Å². The van der Waals surface area contributed by atoms with E-state index in [0.717, 1.165) is 44.5 Å². The Hall–Kier alpha value is -0.450. The van der Waals surface area contributed by atoms with E-state index < -0.39 is 0 Å². The molecule has 2 nitrogen and oxygen atoms in total. The Bertz CT molecular complexity index is 474. The van der Waals surface area contributed by atoms with E-state index in [-0.39, 0.29) is 11.4 Å². The molecule has 1 atom stereocenters. The lowest BCUT2D eigenvalue weighted by Crippen LogP contribution is -2.63. The molecule has 0 aliphatic carbocycles. The molecule has 118 valence electrons. The van der Waals surface area contributed by atoms with Crippen molar-refractivity contribution in [1.82, 2.24) is 10.2 Å². The van der Waals surface area contributed by atoms with Gasteiger partial charge in [0.2, 0.25) is 0 Å². The fourth-order valence-corrected chi connectivity index (χ4v) is 3.69. The zero-order valence-corrected chi connectivity index (χ0v) is 14.8. The lowest BCUT2D eigenvalue weighted by molar-refractivity contribution is 0.0235. The summed E-state index contributed by atoms with van der Waals surface area (Å²) in [4.78, 5) is 2.55. The molecule has 21 heavy (non-hydrogen) atoms. The van der Waals surface area contributed by atoms with Crippen LogP contribution in [-0.4, -0.2) is 29.6 Å². The van der Waals surface area contributed by atoms with Crippen molar-refractivity contribution in [2.45, 2.75) is 58.2 Å². The molecule has 0 saturated carbocycles. The van der Waals surface area contributed by atoms with Gasteiger partial charge in [0, 0.05) is 31.2 Å². The number of nitrogens with one attached hydrogen (secondary N) is 1. The molecule has 1 aromatic carbocycles. The van der Waals surface area contributed by atoms with Gasteiger partial charge >= 0.3 is 0 Å². The van der Waals surface area contributed by atoms with E-state index in [1.807, 2.05) is 6.07 Å². The highest BCUT2D eigenvalue weighted by Gasteiger charge is 2.38. The van der Waals surface area contributed by atoms with Crippen LogP contribution >= 0.6 is 15.9 Å². The summed E-state index contributed by atoms with van der Waals surface area (Å²) in [5.41, 5.74) is 1.22. The van der Waals surface area contributed by atoms with Gasteiger partial charge in [0.1, 0.15) is 5.82 Å². The van der Waals surface area contributed by atoms with Crippen molar-refractivity contribution in [1.29, 1.82) is 0 Å². The summed E-state index contributed by atoms with van der Waals surface area (Å²) in [6, 6.07) is 5.86. The van der Waals surface area contributed by atoms with Crippen molar-refractivity contribution in [3.63, 3.8) is 0 Å². The molecule has 0 amide bonds. The van der Waals surface area contributed by atoms with E-state index in [9.17, 15) is 4.39 Å². The maximum Gasteiger partial charge on any atom is 0.137 e. The van der Waals surface area contributed by atoms with Crippen molar-refractivity contribution in [2.24, 2.45) is 0 Å². The van der Waals surface area contributed by atoms with Gasteiger partial charge in [-0.2, -0.15) is 0 Å². The minimum atomic E-state index is -0.173. The highest BCUT2D eigenvalue weighted by molar-refractivity contribution is 9.10. The van der Waals surface area contributed by atoms with Crippen LogP contribution in [0.3, 0.4) is 0 Å². The van der Waals surface area contributed by atoms with Crippen LogP contribution in [-0.2, 0) is 6.54 Å². The molecular formula is C17H26BrFN2. The molecule has 1 N–H and O–H groups in total. The van der Waals surface area contributed by atoms with Gasteiger partial charge in [-0.1, -0.05) is 32.9 Å². The summed E-state index contributed by atoms with van der Waals surface area (Å²) in [5, 5.41) is 3.68. The Kier molecular flexibility index (Phi) is 5.81. The molecule has 1 aromatic rings. The number of rotatable bonds is 5.